The van der Waals surface area contributed by atoms with E-state index in [0.29, 0.717) is 6.79 Å². The maximum Gasteiger partial charge on any atom is 0.231 e. The zero-order chi connectivity index (χ0) is 14.7. The van der Waals surface area contributed by atoms with Crippen molar-refractivity contribution in [2.24, 2.45) is 0 Å². The SMILES string of the molecule is CCN1CCOC(CNCc2cc3c(cc2Br)OCO3)C1. The molecule has 1 fully saturated rings. The zero-order valence-electron chi connectivity index (χ0n) is 12.2. The van der Waals surface area contributed by atoms with Gasteiger partial charge in [0.25, 0.3) is 0 Å². The van der Waals surface area contributed by atoms with E-state index in [1.54, 1.807) is 0 Å². The van der Waals surface area contributed by atoms with Crippen LogP contribution in [0.1, 0.15) is 12.5 Å². The number of hydrogen-bond acceptors (Lipinski definition) is 5. The predicted octanol–water partition coefficient (Wildman–Crippen LogP) is 1.99. The predicted molar refractivity (Wildman–Crippen MR) is 83.8 cm³/mol. The Morgan fingerprint density at radius 3 is 2.95 bits per heavy atom. The molecular weight excluding hydrogens is 336 g/mol. The van der Waals surface area contributed by atoms with Crippen LogP contribution in [-0.2, 0) is 11.3 Å². The van der Waals surface area contributed by atoms with Gasteiger partial charge in [0.05, 0.1) is 12.7 Å². The molecule has 0 bridgehead atoms. The van der Waals surface area contributed by atoms with Gasteiger partial charge in [-0.05, 0) is 24.2 Å². The molecular formula is C15H21BrN2O3. The molecule has 1 atom stereocenters. The molecule has 1 aromatic rings. The molecule has 6 heteroatoms. The first-order valence-electron chi connectivity index (χ1n) is 7.39. The number of benzene rings is 1. The van der Waals surface area contributed by atoms with E-state index >= 15 is 0 Å². The molecule has 1 N–H and O–H groups in total. The lowest BCUT2D eigenvalue weighted by Gasteiger charge is -2.32. The average Bonchev–Trinajstić information content (AvgIpc) is 2.94. The molecule has 2 aliphatic rings. The lowest BCUT2D eigenvalue weighted by molar-refractivity contribution is -0.0253. The van der Waals surface area contributed by atoms with Crippen LogP contribution < -0.4 is 14.8 Å². The van der Waals surface area contributed by atoms with Gasteiger partial charge in [-0.25, -0.2) is 0 Å². The molecule has 0 radical (unpaired) electrons. The molecule has 2 heterocycles. The minimum Gasteiger partial charge on any atom is -0.454 e. The Labute approximate surface area is 133 Å². The number of rotatable bonds is 5. The van der Waals surface area contributed by atoms with Crippen molar-refractivity contribution in [2.45, 2.75) is 19.6 Å². The quantitative estimate of drug-likeness (QED) is 0.873. The number of nitrogens with zero attached hydrogens (tertiary/aromatic N) is 1. The number of ether oxygens (including phenoxy) is 3. The largest absolute Gasteiger partial charge is 0.454 e. The van der Waals surface area contributed by atoms with E-state index in [0.717, 1.165) is 55.3 Å². The van der Waals surface area contributed by atoms with Gasteiger partial charge in [0.2, 0.25) is 6.79 Å². The van der Waals surface area contributed by atoms with E-state index < -0.39 is 0 Å². The van der Waals surface area contributed by atoms with Crippen molar-refractivity contribution < 1.29 is 14.2 Å². The average molecular weight is 357 g/mol. The Morgan fingerprint density at radius 1 is 1.33 bits per heavy atom. The highest BCUT2D eigenvalue weighted by Crippen LogP contribution is 2.36. The molecule has 0 amide bonds. The molecule has 0 aromatic heterocycles. The summed E-state index contributed by atoms with van der Waals surface area (Å²) in [4.78, 5) is 2.42. The Kier molecular flexibility index (Phi) is 5.00. The van der Waals surface area contributed by atoms with E-state index in [4.69, 9.17) is 14.2 Å². The standard InChI is InChI=1S/C15H21BrN2O3/c1-2-18-3-4-19-12(9-18)8-17-7-11-5-14-15(6-13(11)16)21-10-20-14/h5-6,12,17H,2-4,7-10H2,1H3. The third-order valence-electron chi connectivity index (χ3n) is 3.90. The highest BCUT2D eigenvalue weighted by atomic mass is 79.9. The van der Waals surface area contributed by atoms with Crippen LogP contribution in [0.2, 0.25) is 0 Å². The number of hydrogen-bond donors (Lipinski definition) is 1. The number of fused-ring (bicyclic) bond motifs is 1. The fourth-order valence-corrected chi connectivity index (χ4v) is 3.12. The van der Waals surface area contributed by atoms with Crippen LogP contribution in [0.15, 0.2) is 16.6 Å². The van der Waals surface area contributed by atoms with Crippen molar-refractivity contribution >= 4 is 15.9 Å². The third-order valence-corrected chi connectivity index (χ3v) is 4.64. The zero-order valence-corrected chi connectivity index (χ0v) is 13.8. The van der Waals surface area contributed by atoms with Crippen molar-refractivity contribution in [3.05, 3.63) is 22.2 Å². The van der Waals surface area contributed by atoms with Crippen molar-refractivity contribution in [1.82, 2.24) is 10.2 Å². The summed E-state index contributed by atoms with van der Waals surface area (Å²) in [6.45, 7) is 8.11. The lowest BCUT2D eigenvalue weighted by atomic mass is 10.2. The number of likely N-dealkylation sites (N-methyl/N-ethyl adjacent to an activating group) is 1. The first-order chi connectivity index (χ1) is 10.3. The number of morpholine rings is 1. The first kappa shape index (κ1) is 15.1. The summed E-state index contributed by atoms with van der Waals surface area (Å²) in [5.41, 5.74) is 1.17. The van der Waals surface area contributed by atoms with Gasteiger partial charge in [0.1, 0.15) is 0 Å². The van der Waals surface area contributed by atoms with E-state index in [9.17, 15) is 0 Å². The molecule has 5 nitrogen and oxygen atoms in total. The first-order valence-corrected chi connectivity index (χ1v) is 8.18. The molecule has 1 unspecified atom stereocenters. The van der Waals surface area contributed by atoms with Gasteiger partial charge in [0, 0.05) is 30.7 Å². The molecule has 3 rings (SSSR count). The van der Waals surface area contributed by atoms with Gasteiger partial charge >= 0.3 is 0 Å². The van der Waals surface area contributed by atoms with Gasteiger partial charge in [-0.2, -0.15) is 0 Å². The fourth-order valence-electron chi connectivity index (χ4n) is 2.65. The maximum atomic E-state index is 5.79. The van der Waals surface area contributed by atoms with Crippen molar-refractivity contribution in [3.8, 4) is 11.5 Å². The van der Waals surface area contributed by atoms with E-state index in [-0.39, 0.29) is 6.10 Å². The van der Waals surface area contributed by atoms with E-state index in [2.05, 4.69) is 33.1 Å². The van der Waals surface area contributed by atoms with Gasteiger partial charge in [-0.15, -0.1) is 0 Å². The molecule has 1 saturated heterocycles. The van der Waals surface area contributed by atoms with Crippen LogP contribution in [0.4, 0.5) is 0 Å². The van der Waals surface area contributed by atoms with Gasteiger partial charge in [-0.3, -0.25) is 4.90 Å². The Bertz CT molecular complexity index is 498. The minimum atomic E-state index is 0.270. The summed E-state index contributed by atoms with van der Waals surface area (Å²) < 4.78 is 17.6. The summed E-state index contributed by atoms with van der Waals surface area (Å²) in [6.07, 6.45) is 0.270. The molecule has 0 aliphatic carbocycles. The molecule has 21 heavy (non-hydrogen) atoms. The summed E-state index contributed by atoms with van der Waals surface area (Å²) in [5.74, 6) is 1.63. The molecule has 0 spiro atoms. The molecule has 116 valence electrons. The van der Waals surface area contributed by atoms with Crippen LogP contribution >= 0.6 is 15.9 Å². The summed E-state index contributed by atoms with van der Waals surface area (Å²) in [5, 5.41) is 3.47. The lowest BCUT2D eigenvalue weighted by Crippen LogP contribution is -2.46. The third kappa shape index (κ3) is 3.69. The van der Waals surface area contributed by atoms with Gasteiger partial charge < -0.3 is 19.5 Å². The highest BCUT2D eigenvalue weighted by molar-refractivity contribution is 9.10. The Balaban J connectivity index is 1.51. The fraction of sp³-hybridized carbons (Fsp3) is 0.600. The maximum absolute atomic E-state index is 5.79. The van der Waals surface area contributed by atoms with Crippen LogP contribution in [0, 0.1) is 0 Å². The molecule has 1 aromatic carbocycles. The topological polar surface area (TPSA) is 43.0 Å². The second-order valence-electron chi connectivity index (χ2n) is 5.31. The van der Waals surface area contributed by atoms with Crippen LogP contribution in [0.3, 0.4) is 0 Å². The van der Waals surface area contributed by atoms with Crippen molar-refractivity contribution in [3.63, 3.8) is 0 Å². The van der Waals surface area contributed by atoms with E-state index in [1.807, 2.05) is 12.1 Å². The normalized spacial score (nSPS) is 21.7. The highest BCUT2D eigenvalue weighted by Gasteiger charge is 2.19. The van der Waals surface area contributed by atoms with Crippen molar-refractivity contribution in [2.75, 3.05) is 39.6 Å². The van der Waals surface area contributed by atoms with Crippen LogP contribution in [0.25, 0.3) is 0 Å². The molecule has 0 saturated carbocycles. The Hall–Kier alpha value is -0.820. The van der Waals surface area contributed by atoms with Crippen molar-refractivity contribution in [1.29, 1.82) is 0 Å². The van der Waals surface area contributed by atoms with Gasteiger partial charge in [-0.1, -0.05) is 22.9 Å². The van der Waals surface area contributed by atoms with Gasteiger partial charge in [0.15, 0.2) is 11.5 Å². The minimum absolute atomic E-state index is 0.270. The Morgan fingerprint density at radius 2 is 2.14 bits per heavy atom. The summed E-state index contributed by atoms with van der Waals surface area (Å²) >= 11 is 3.58. The smallest absolute Gasteiger partial charge is 0.231 e. The number of halogens is 1. The monoisotopic (exact) mass is 356 g/mol. The second-order valence-corrected chi connectivity index (χ2v) is 6.17. The summed E-state index contributed by atoms with van der Waals surface area (Å²) in [6, 6.07) is 3.99. The van der Waals surface area contributed by atoms with Crippen LogP contribution in [0.5, 0.6) is 11.5 Å². The second kappa shape index (κ2) is 6.96. The molecule has 2 aliphatic heterocycles. The summed E-state index contributed by atoms with van der Waals surface area (Å²) in [7, 11) is 0. The van der Waals surface area contributed by atoms with Crippen LogP contribution in [-0.4, -0.2) is 50.6 Å². The number of nitrogens with one attached hydrogen (secondary N) is 1. The van der Waals surface area contributed by atoms with E-state index in [1.165, 1.54) is 5.56 Å².